The van der Waals surface area contributed by atoms with Crippen LogP contribution in [0.2, 0.25) is 0 Å². The highest BCUT2D eigenvalue weighted by molar-refractivity contribution is 5.78. The summed E-state index contributed by atoms with van der Waals surface area (Å²) in [5.74, 6) is 2.20. The second-order valence-corrected chi connectivity index (χ2v) is 6.37. The molecule has 1 aromatic heterocycles. The van der Waals surface area contributed by atoms with E-state index < -0.39 is 0 Å². The van der Waals surface area contributed by atoms with Gasteiger partial charge in [0.25, 0.3) is 0 Å². The molecule has 0 radical (unpaired) electrons. The zero-order valence-electron chi connectivity index (χ0n) is 15.4. The van der Waals surface area contributed by atoms with Gasteiger partial charge >= 0.3 is 0 Å². The van der Waals surface area contributed by atoms with Crippen LogP contribution in [0.5, 0.6) is 17.2 Å². The predicted molar refractivity (Wildman–Crippen MR) is 96.3 cm³/mol. The summed E-state index contributed by atoms with van der Waals surface area (Å²) in [5, 5.41) is 8.65. The number of aryl methyl sites for hydroxylation is 1. The summed E-state index contributed by atoms with van der Waals surface area (Å²) in [6, 6.07) is 3.77. The van der Waals surface area contributed by atoms with Crippen molar-refractivity contribution in [3.63, 3.8) is 0 Å². The van der Waals surface area contributed by atoms with E-state index in [4.69, 9.17) is 14.2 Å². The van der Waals surface area contributed by atoms with Gasteiger partial charge in [0.1, 0.15) is 35.2 Å². The minimum atomic E-state index is 0.426. The molecule has 0 aliphatic carbocycles. The van der Waals surface area contributed by atoms with Gasteiger partial charge in [-0.1, -0.05) is 44.2 Å². The van der Waals surface area contributed by atoms with Gasteiger partial charge in [0, 0.05) is 18.7 Å². The Morgan fingerprint density at radius 2 is 1.88 bits per heavy atom. The first-order chi connectivity index (χ1) is 12.3. The Labute approximate surface area is 149 Å². The first-order valence-corrected chi connectivity index (χ1v) is 9.10. The van der Waals surface area contributed by atoms with E-state index in [9.17, 15) is 0 Å². The molecule has 0 spiro atoms. The number of rotatable bonds is 9. The first kappa shape index (κ1) is 17.6. The fourth-order valence-corrected chi connectivity index (χ4v) is 3.26. The van der Waals surface area contributed by atoms with Crippen LogP contribution < -0.4 is 14.2 Å². The van der Waals surface area contributed by atoms with Gasteiger partial charge in [-0.3, -0.25) is 0 Å². The van der Waals surface area contributed by atoms with Crippen LogP contribution in [0.1, 0.15) is 51.1 Å². The Morgan fingerprint density at radius 1 is 1.08 bits per heavy atom. The van der Waals surface area contributed by atoms with Gasteiger partial charge in [0.05, 0.1) is 19.8 Å². The maximum absolute atomic E-state index is 5.84. The van der Waals surface area contributed by atoms with E-state index in [1.54, 1.807) is 14.2 Å². The monoisotopic (exact) mass is 345 g/mol. The van der Waals surface area contributed by atoms with Crippen molar-refractivity contribution in [2.75, 3.05) is 14.2 Å². The average Bonchev–Trinajstić information content (AvgIpc) is 3.06. The minimum absolute atomic E-state index is 0.426. The van der Waals surface area contributed by atoms with Gasteiger partial charge in [0.2, 0.25) is 0 Å². The van der Waals surface area contributed by atoms with Crippen LogP contribution >= 0.6 is 0 Å². The van der Waals surface area contributed by atoms with Crippen LogP contribution in [0.3, 0.4) is 0 Å². The average molecular weight is 345 g/mol. The molecule has 1 aliphatic rings. The number of benzene rings is 1. The third-order valence-electron chi connectivity index (χ3n) is 4.62. The van der Waals surface area contributed by atoms with Crippen LogP contribution in [-0.2, 0) is 13.2 Å². The Kier molecular flexibility index (Phi) is 5.79. The second-order valence-electron chi connectivity index (χ2n) is 6.37. The lowest BCUT2D eigenvalue weighted by Crippen LogP contribution is -2.10. The van der Waals surface area contributed by atoms with Crippen LogP contribution in [0.4, 0.5) is 0 Å². The first-order valence-electron chi connectivity index (χ1n) is 9.10. The third kappa shape index (κ3) is 3.72. The Balaban J connectivity index is 1.80. The standard InChI is InChI=1S/C19H27N3O3/c1-4-5-6-7-8-9-10-22-19-15(20-21-22)13-25-17-12-14(23-2)11-16(24-3)18(17)19/h11-12H,4-10,13H2,1-3H3. The summed E-state index contributed by atoms with van der Waals surface area (Å²) in [6.45, 7) is 3.53. The van der Waals surface area contributed by atoms with Crippen molar-refractivity contribution in [3.05, 3.63) is 17.8 Å². The van der Waals surface area contributed by atoms with Crippen molar-refractivity contribution in [2.45, 2.75) is 58.6 Å². The summed E-state index contributed by atoms with van der Waals surface area (Å²) in [6.07, 6.45) is 7.52. The van der Waals surface area contributed by atoms with Crippen LogP contribution in [0.15, 0.2) is 12.1 Å². The molecule has 0 atom stereocenters. The van der Waals surface area contributed by atoms with Crippen molar-refractivity contribution in [3.8, 4) is 28.5 Å². The molecule has 1 aromatic carbocycles. The molecule has 136 valence electrons. The number of methoxy groups -OCH3 is 2. The van der Waals surface area contributed by atoms with Crippen LogP contribution in [-0.4, -0.2) is 29.2 Å². The largest absolute Gasteiger partial charge is 0.496 e. The molecule has 0 amide bonds. The highest BCUT2D eigenvalue weighted by Crippen LogP contribution is 2.45. The van der Waals surface area contributed by atoms with Crippen LogP contribution in [0.25, 0.3) is 11.3 Å². The lowest BCUT2D eigenvalue weighted by Gasteiger charge is -2.21. The van der Waals surface area contributed by atoms with Crippen molar-refractivity contribution in [1.82, 2.24) is 15.0 Å². The molecule has 0 bridgehead atoms. The number of nitrogens with zero attached hydrogens (tertiary/aromatic N) is 3. The number of aromatic nitrogens is 3. The molecular weight excluding hydrogens is 318 g/mol. The van der Waals surface area contributed by atoms with E-state index in [0.29, 0.717) is 12.4 Å². The number of hydrogen-bond donors (Lipinski definition) is 0. The fourth-order valence-electron chi connectivity index (χ4n) is 3.26. The molecule has 1 aliphatic heterocycles. The lowest BCUT2D eigenvalue weighted by molar-refractivity contribution is 0.291. The van der Waals surface area contributed by atoms with Gasteiger partial charge < -0.3 is 14.2 Å². The number of unbranched alkanes of at least 4 members (excludes halogenated alkanes) is 5. The molecule has 25 heavy (non-hydrogen) atoms. The third-order valence-corrected chi connectivity index (χ3v) is 4.62. The normalized spacial score (nSPS) is 12.3. The molecule has 6 heteroatoms. The topological polar surface area (TPSA) is 58.4 Å². The quantitative estimate of drug-likeness (QED) is 0.637. The van der Waals surface area contributed by atoms with E-state index in [1.807, 2.05) is 16.8 Å². The summed E-state index contributed by atoms with van der Waals surface area (Å²) >= 11 is 0. The van der Waals surface area contributed by atoms with Crippen molar-refractivity contribution >= 4 is 0 Å². The maximum Gasteiger partial charge on any atom is 0.136 e. The Morgan fingerprint density at radius 3 is 2.64 bits per heavy atom. The fraction of sp³-hybridized carbons (Fsp3) is 0.579. The van der Waals surface area contributed by atoms with Gasteiger partial charge in [0.15, 0.2) is 0 Å². The molecule has 2 heterocycles. The smallest absolute Gasteiger partial charge is 0.136 e. The highest BCUT2D eigenvalue weighted by Gasteiger charge is 2.28. The zero-order valence-corrected chi connectivity index (χ0v) is 15.4. The molecule has 6 nitrogen and oxygen atoms in total. The molecule has 0 fully saturated rings. The minimum Gasteiger partial charge on any atom is -0.496 e. The van der Waals surface area contributed by atoms with E-state index in [-0.39, 0.29) is 0 Å². The Hall–Kier alpha value is -2.24. The molecule has 0 N–H and O–H groups in total. The SMILES string of the molecule is CCCCCCCCn1nnc2c1-c1c(OC)cc(OC)cc1OC2. The van der Waals surface area contributed by atoms with E-state index in [2.05, 4.69) is 17.2 Å². The predicted octanol–water partition coefficient (Wildman–Crippen LogP) is 4.22. The molecule has 0 saturated carbocycles. The number of fused-ring (bicyclic) bond motifs is 3. The van der Waals surface area contributed by atoms with Crippen molar-refractivity contribution in [1.29, 1.82) is 0 Å². The summed E-state index contributed by atoms with van der Waals surface area (Å²) in [4.78, 5) is 0. The van der Waals surface area contributed by atoms with Crippen molar-refractivity contribution < 1.29 is 14.2 Å². The summed E-state index contributed by atoms with van der Waals surface area (Å²) in [7, 11) is 3.30. The number of ether oxygens (including phenoxy) is 3. The van der Waals surface area contributed by atoms with Gasteiger partial charge in [-0.25, -0.2) is 4.68 Å². The molecule has 3 rings (SSSR count). The van der Waals surface area contributed by atoms with Crippen LogP contribution in [0, 0.1) is 0 Å². The molecular formula is C19H27N3O3. The van der Waals surface area contributed by atoms with Gasteiger partial charge in [-0.05, 0) is 6.42 Å². The molecule has 2 aromatic rings. The zero-order chi connectivity index (χ0) is 17.6. The Bertz CT molecular complexity index is 695. The van der Waals surface area contributed by atoms with E-state index in [1.165, 1.54) is 32.1 Å². The molecule has 0 saturated heterocycles. The maximum atomic E-state index is 5.84. The number of hydrogen-bond acceptors (Lipinski definition) is 5. The van der Waals surface area contributed by atoms with E-state index >= 15 is 0 Å². The van der Waals surface area contributed by atoms with Crippen molar-refractivity contribution in [2.24, 2.45) is 0 Å². The van der Waals surface area contributed by atoms with Gasteiger partial charge in [-0.15, -0.1) is 5.10 Å². The van der Waals surface area contributed by atoms with E-state index in [0.717, 1.165) is 41.4 Å². The molecule has 0 unspecified atom stereocenters. The summed E-state index contributed by atoms with van der Waals surface area (Å²) in [5.41, 5.74) is 2.79. The highest BCUT2D eigenvalue weighted by atomic mass is 16.5. The lowest BCUT2D eigenvalue weighted by atomic mass is 10.0. The van der Waals surface area contributed by atoms with Gasteiger partial charge in [-0.2, -0.15) is 0 Å². The second kappa shape index (κ2) is 8.23. The summed E-state index contributed by atoms with van der Waals surface area (Å²) < 4.78 is 18.7.